The maximum atomic E-state index is 12.6. The Morgan fingerprint density at radius 1 is 1.55 bits per heavy atom. The second kappa shape index (κ2) is 6.07. The van der Waals surface area contributed by atoms with E-state index in [1.165, 1.54) is 0 Å². The molecular weight excluding hydrogens is 256 g/mol. The third kappa shape index (κ3) is 3.18. The van der Waals surface area contributed by atoms with Crippen LogP contribution in [0.3, 0.4) is 0 Å². The molecule has 2 amide bonds. The van der Waals surface area contributed by atoms with Gasteiger partial charge in [0, 0.05) is 26.3 Å². The molecule has 110 valence electrons. The molecule has 0 bridgehead atoms. The number of carbonyl (C=O) groups is 2. The van der Waals surface area contributed by atoms with Crippen LogP contribution < -0.4 is 5.32 Å². The second-order valence-electron chi connectivity index (χ2n) is 5.71. The van der Waals surface area contributed by atoms with Gasteiger partial charge in [-0.1, -0.05) is 13.8 Å². The maximum Gasteiger partial charge on any atom is 0.274 e. The minimum Gasteiger partial charge on any atom is -0.354 e. The molecule has 6 nitrogen and oxygen atoms in total. The van der Waals surface area contributed by atoms with E-state index in [1.807, 2.05) is 7.05 Å². The van der Waals surface area contributed by atoms with Crippen LogP contribution in [0.5, 0.6) is 0 Å². The first kappa shape index (κ1) is 14.6. The van der Waals surface area contributed by atoms with Gasteiger partial charge in [-0.2, -0.15) is 0 Å². The fourth-order valence-corrected chi connectivity index (χ4v) is 2.47. The van der Waals surface area contributed by atoms with E-state index < -0.39 is 6.04 Å². The molecule has 0 radical (unpaired) electrons. The van der Waals surface area contributed by atoms with Gasteiger partial charge < -0.3 is 14.8 Å². The molecule has 2 heterocycles. The summed E-state index contributed by atoms with van der Waals surface area (Å²) < 4.78 is 1.74. The molecule has 0 aliphatic carbocycles. The van der Waals surface area contributed by atoms with E-state index in [2.05, 4.69) is 24.1 Å². The number of amides is 2. The summed E-state index contributed by atoms with van der Waals surface area (Å²) in [5, 5.41) is 2.88. The highest BCUT2D eigenvalue weighted by atomic mass is 16.2. The summed E-state index contributed by atoms with van der Waals surface area (Å²) >= 11 is 0. The summed E-state index contributed by atoms with van der Waals surface area (Å²) in [5.41, 5.74) is 0.399. The minimum atomic E-state index is -0.396. The predicted molar refractivity (Wildman–Crippen MR) is 75.1 cm³/mol. The van der Waals surface area contributed by atoms with Crippen LogP contribution in [-0.4, -0.2) is 45.4 Å². The lowest BCUT2D eigenvalue weighted by Gasteiger charge is -2.29. The number of hydrogen-bond acceptors (Lipinski definition) is 3. The van der Waals surface area contributed by atoms with Crippen LogP contribution in [0.25, 0.3) is 0 Å². The van der Waals surface area contributed by atoms with Crippen molar-refractivity contribution >= 4 is 11.8 Å². The van der Waals surface area contributed by atoms with Crippen molar-refractivity contribution < 1.29 is 9.59 Å². The fraction of sp³-hybridized carbons (Fsp3) is 0.643. The van der Waals surface area contributed by atoms with Crippen LogP contribution >= 0.6 is 0 Å². The number of hydrogen-bond donors (Lipinski definition) is 1. The Morgan fingerprint density at radius 3 is 2.90 bits per heavy atom. The van der Waals surface area contributed by atoms with Gasteiger partial charge in [-0.3, -0.25) is 9.59 Å². The summed E-state index contributed by atoms with van der Waals surface area (Å²) in [7, 11) is 1.82. The molecule has 1 fully saturated rings. The first-order chi connectivity index (χ1) is 9.49. The van der Waals surface area contributed by atoms with Crippen molar-refractivity contribution in [1.29, 1.82) is 0 Å². The van der Waals surface area contributed by atoms with Gasteiger partial charge in [0.25, 0.3) is 5.91 Å². The molecule has 0 spiro atoms. The maximum absolute atomic E-state index is 12.6. The second-order valence-corrected chi connectivity index (χ2v) is 5.71. The number of aryl methyl sites for hydroxylation is 1. The van der Waals surface area contributed by atoms with Gasteiger partial charge in [0.1, 0.15) is 11.7 Å². The topological polar surface area (TPSA) is 67.2 Å². The van der Waals surface area contributed by atoms with Crippen LogP contribution in [-0.2, 0) is 11.8 Å². The molecule has 1 atom stereocenters. The molecule has 2 rings (SSSR count). The Labute approximate surface area is 119 Å². The smallest absolute Gasteiger partial charge is 0.274 e. The van der Waals surface area contributed by atoms with Gasteiger partial charge in [-0.05, 0) is 18.8 Å². The number of aromatic nitrogens is 2. The molecule has 1 aromatic heterocycles. The summed E-state index contributed by atoms with van der Waals surface area (Å²) in [6, 6.07) is -0.396. The molecule has 1 aromatic rings. The van der Waals surface area contributed by atoms with E-state index >= 15 is 0 Å². The van der Waals surface area contributed by atoms with E-state index in [0.717, 1.165) is 6.42 Å². The summed E-state index contributed by atoms with van der Waals surface area (Å²) in [6.45, 7) is 5.33. The SMILES string of the molecule is CC(C)CC1C(=O)NCCCN1C(=O)c1cn(C)cn1. The van der Waals surface area contributed by atoms with Crippen LogP contribution in [0.15, 0.2) is 12.5 Å². The lowest BCUT2D eigenvalue weighted by Crippen LogP contribution is -2.48. The average Bonchev–Trinajstić information content (AvgIpc) is 2.74. The van der Waals surface area contributed by atoms with Crippen LogP contribution in [0.2, 0.25) is 0 Å². The highest BCUT2D eigenvalue weighted by Gasteiger charge is 2.33. The first-order valence-electron chi connectivity index (χ1n) is 7.05. The quantitative estimate of drug-likeness (QED) is 0.889. The summed E-state index contributed by atoms with van der Waals surface area (Å²) in [6.07, 6.45) is 4.74. The third-order valence-electron chi connectivity index (χ3n) is 3.43. The zero-order valence-corrected chi connectivity index (χ0v) is 12.3. The Morgan fingerprint density at radius 2 is 2.30 bits per heavy atom. The zero-order chi connectivity index (χ0) is 14.7. The predicted octanol–water partition coefficient (Wildman–Crippen LogP) is 0.797. The number of carbonyl (C=O) groups excluding carboxylic acids is 2. The standard InChI is InChI=1S/C14H22N4O2/c1-10(2)7-12-13(19)15-5-4-6-18(12)14(20)11-8-17(3)9-16-11/h8-10,12H,4-7H2,1-3H3,(H,15,19). The van der Waals surface area contributed by atoms with Gasteiger partial charge in [-0.15, -0.1) is 0 Å². The third-order valence-corrected chi connectivity index (χ3v) is 3.43. The Balaban J connectivity index is 2.24. The van der Waals surface area contributed by atoms with E-state index in [9.17, 15) is 9.59 Å². The largest absolute Gasteiger partial charge is 0.354 e. The highest BCUT2D eigenvalue weighted by Crippen LogP contribution is 2.17. The molecule has 1 aliphatic heterocycles. The first-order valence-corrected chi connectivity index (χ1v) is 7.05. The molecule has 1 aliphatic rings. The Kier molecular flexibility index (Phi) is 4.42. The van der Waals surface area contributed by atoms with Gasteiger partial charge in [0.15, 0.2) is 0 Å². The van der Waals surface area contributed by atoms with Crippen molar-refractivity contribution in [2.75, 3.05) is 13.1 Å². The monoisotopic (exact) mass is 278 g/mol. The highest BCUT2D eigenvalue weighted by molar-refractivity contribution is 5.96. The van der Waals surface area contributed by atoms with Crippen molar-refractivity contribution in [2.45, 2.75) is 32.7 Å². The van der Waals surface area contributed by atoms with E-state index in [4.69, 9.17) is 0 Å². The van der Waals surface area contributed by atoms with Crippen LogP contribution in [0.4, 0.5) is 0 Å². The number of nitrogens with one attached hydrogen (secondary N) is 1. The van der Waals surface area contributed by atoms with Gasteiger partial charge in [-0.25, -0.2) is 4.98 Å². The Hall–Kier alpha value is -1.85. The van der Waals surface area contributed by atoms with Crippen molar-refractivity contribution in [3.63, 3.8) is 0 Å². The molecule has 0 aromatic carbocycles. The van der Waals surface area contributed by atoms with E-state index in [1.54, 1.807) is 22.0 Å². The number of rotatable bonds is 3. The van der Waals surface area contributed by atoms with Gasteiger partial charge in [0.05, 0.1) is 6.33 Å². The van der Waals surface area contributed by atoms with Crippen LogP contribution in [0.1, 0.15) is 37.2 Å². The van der Waals surface area contributed by atoms with E-state index in [-0.39, 0.29) is 11.8 Å². The van der Waals surface area contributed by atoms with Gasteiger partial charge >= 0.3 is 0 Å². The minimum absolute atomic E-state index is 0.0551. The molecular formula is C14H22N4O2. The zero-order valence-electron chi connectivity index (χ0n) is 12.3. The molecule has 1 unspecified atom stereocenters. The van der Waals surface area contributed by atoms with Crippen LogP contribution in [0, 0.1) is 5.92 Å². The van der Waals surface area contributed by atoms with Crippen molar-refractivity contribution in [3.05, 3.63) is 18.2 Å². The Bertz CT molecular complexity index is 495. The lowest BCUT2D eigenvalue weighted by molar-refractivity contribution is -0.125. The van der Waals surface area contributed by atoms with Crippen molar-refractivity contribution in [1.82, 2.24) is 19.8 Å². The lowest BCUT2D eigenvalue weighted by atomic mass is 10.0. The van der Waals surface area contributed by atoms with Crippen molar-refractivity contribution in [3.8, 4) is 0 Å². The molecule has 1 saturated heterocycles. The number of nitrogens with zero attached hydrogens (tertiary/aromatic N) is 3. The molecule has 20 heavy (non-hydrogen) atoms. The summed E-state index contributed by atoms with van der Waals surface area (Å²) in [4.78, 5) is 30.5. The fourth-order valence-electron chi connectivity index (χ4n) is 2.47. The van der Waals surface area contributed by atoms with Crippen molar-refractivity contribution in [2.24, 2.45) is 13.0 Å². The normalized spacial score (nSPS) is 19.9. The molecule has 0 saturated carbocycles. The molecule has 1 N–H and O–H groups in total. The number of imidazole rings is 1. The molecule has 6 heteroatoms. The van der Waals surface area contributed by atoms with Gasteiger partial charge in [0.2, 0.25) is 5.91 Å². The van der Waals surface area contributed by atoms with E-state index in [0.29, 0.717) is 31.1 Å². The summed E-state index contributed by atoms with van der Waals surface area (Å²) in [5.74, 6) is 0.136. The average molecular weight is 278 g/mol.